The lowest BCUT2D eigenvalue weighted by Gasteiger charge is -2.15. The van der Waals surface area contributed by atoms with Crippen LogP contribution in [0, 0.1) is 0 Å². The summed E-state index contributed by atoms with van der Waals surface area (Å²) in [7, 11) is 0. The summed E-state index contributed by atoms with van der Waals surface area (Å²) in [6.45, 7) is 0.699. The van der Waals surface area contributed by atoms with Crippen LogP contribution in [0.1, 0.15) is 12.8 Å². The molecule has 0 amide bonds. The molecule has 0 aromatic carbocycles. The van der Waals surface area contributed by atoms with Crippen molar-refractivity contribution in [1.29, 1.82) is 0 Å². The van der Waals surface area contributed by atoms with Crippen molar-refractivity contribution in [2.24, 2.45) is 0 Å². The molecule has 0 rings (SSSR count). The summed E-state index contributed by atoms with van der Waals surface area (Å²) in [4.78, 5) is 0. The van der Waals surface area contributed by atoms with E-state index in [0.29, 0.717) is 19.4 Å². The molecule has 0 saturated carbocycles. The summed E-state index contributed by atoms with van der Waals surface area (Å²) >= 11 is 3.00. The molecule has 80 valence electrons. The lowest BCUT2D eigenvalue weighted by Crippen LogP contribution is -2.14. The molecule has 0 radical (unpaired) electrons. The van der Waals surface area contributed by atoms with E-state index in [9.17, 15) is 5.11 Å². The Labute approximate surface area is 88.2 Å². The van der Waals surface area contributed by atoms with Crippen LogP contribution in [0.2, 0.25) is 0 Å². The quantitative estimate of drug-likeness (QED) is 0.608. The number of thioether (sulfide) groups is 2. The van der Waals surface area contributed by atoms with Crippen LogP contribution in [0.15, 0.2) is 0 Å². The third-order valence-corrected chi connectivity index (χ3v) is 3.25. The predicted molar refractivity (Wildman–Crippen MR) is 59.1 cm³/mol. The second-order valence-corrected chi connectivity index (χ2v) is 4.54. The van der Waals surface area contributed by atoms with E-state index in [-0.39, 0.29) is 17.5 Å². The van der Waals surface area contributed by atoms with Crippen molar-refractivity contribution >= 4 is 23.5 Å². The topological polar surface area (TPSA) is 49.7 Å². The van der Waals surface area contributed by atoms with Gasteiger partial charge in [-0.2, -0.15) is 0 Å². The second kappa shape index (κ2) is 9.15. The largest absolute Gasteiger partial charge is 0.396 e. The minimum Gasteiger partial charge on any atom is -0.396 e. The number of hydrogen-bond donors (Lipinski definition) is 2. The Hall–Kier alpha value is 0.580. The molecule has 0 aliphatic carbocycles. The van der Waals surface area contributed by atoms with Gasteiger partial charge in [-0.25, -0.2) is 0 Å². The summed E-state index contributed by atoms with van der Waals surface area (Å²) in [6.07, 6.45) is 5.11. The van der Waals surface area contributed by atoms with Crippen molar-refractivity contribution in [2.75, 3.05) is 25.7 Å². The Bertz CT molecular complexity index is 114. The van der Waals surface area contributed by atoms with Gasteiger partial charge in [0, 0.05) is 19.4 Å². The van der Waals surface area contributed by atoms with Gasteiger partial charge in [0.15, 0.2) is 0 Å². The van der Waals surface area contributed by atoms with Crippen LogP contribution >= 0.6 is 23.5 Å². The van der Waals surface area contributed by atoms with Crippen molar-refractivity contribution in [3.63, 3.8) is 0 Å². The van der Waals surface area contributed by atoms with Gasteiger partial charge in [0.1, 0.15) is 10.9 Å². The molecule has 0 heterocycles. The van der Waals surface area contributed by atoms with Crippen molar-refractivity contribution in [2.45, 2.75) is 23.7 Å². The molecule has 3 nitrogen and oxygen atoms in total. The Morgan fingerprint density at radius 3 is 2.38 bits per heavy atom. The first-order valence-electron chi connectivity index (χ1n) is 4.20. The molecule has 2 N–H and O–H groups in total. The van der Waals surface area contributed by atoms with Crippen LogP contribution in [-0.4, -0.2) is 46.8 Å². The molecule has 0 fully saturated rings. The van der Waals surface area contributed by atoms with Gasteiger partial charge < -0.3 is 14.9 Å². The van der Waals surface area contributed by atoms with E-state index < -0.39 is 0 Å². The molecular formula is C8H18O3S2. The summed E-state index contributed by atoms with van der Waals surface area (Å²) in [5, 5.41) is 17.9. The maximum atomic E-state index is 9.20. The number of hydrogen-bond acceptors (Lipinski definition) is 5. The molecule has 0 aromatic heterocycles. The van der Waals surface area contributed by atoms with Crippen LogP contribution in [-0.2, 0) is 4.74 Å². The molecule has 0 aliphatic heterocycles. The molecule has 2 atom stereocenters. The van der Waals surface area contributed by atoms with Crippen LogP contribution in [0.25, 0.3) is 0 Å². The van der Waals surface area contributed by atoms with Gasteiger partial charge in [-0.3, -0.25) is 0 Å². The number of rotatable bonds is 8. The second-order valence-electron chi connectivity index (χ2n) is 2.53. The van der Waals surface area contributed by atoms with E-state index in [4.69, 9.17) is 9.84 Å². The van der Waals surface area contributed by atoms with Gasteiger partial charge in [0.25, 0.3) is 0 Å². The molecule has 0 aliphatic rings. The standard InChI is InChI=1S/C8H18O3S2/c1-12-7(10)4-6-11-8(13-2)3-5-9/h7-10H,3-6H2,1-2H3. The zero-order chi connectivity index (χ0) is 10.1. The molecule has 0 saturated heterocycles. The fourth-order valence-corrected chi connectivity index (χ4v) is 1.70. The van der Waals surface area contributed by atoms with Gasteiger partial charge in [-0.1, -0.05) is 0 Å². The SMILES string of the molecule is CSC(O)CCOC(CCO)SC. The number of aliphatic hydroxyl groups is 2. The first kappa shape index (κ1) is 13.6. The minimum atomic E-state index is -0.336. The summed E-state index contributed by atoms with van der Waals surface area (Å²) < 4.78 is 5.43. The minimum absolute atomic E-state index is 0.0547. The smallest absolute Gasteiger partial charge is 0.105 e. The molecule has 0 aromatic rings. The van der Waals surface area contributed by atoms with Crippen LogP contribution < -0.4 is 0 Å². The zero-order valence-corrected chi connectivity index (χ0v) is 9.74. The Balaban J connectivity index is 3.37. The number of ether oxygens (including phenoxy) is 1. The van der Waals surface area contributed by atoms with Crippen molar-refractivity contribution in [1.82, 2.24) is 0 Å². The summed E-state index contributed by atoms with van der Waals surface area (Å²) in [5.74, 6) is 0. The Morgan fingerprint density at radius 2 is 1.92 bits per heavy atom. The van der Waals surface area contributed by atoms with Crippen molar-refractivity contribution < 1.29 is 14.9 Å². The molecular weight excluding hydrogens is 208 g/mol. The highest BCUT2D eigenvalue weighted by atomic mass is 32.2. The normalized spacial score (nSPS) is 15.7. The van der Waals surface area contributed by atoms with E-state index in [0.717, 1.165) is 0 Å². The number of aliphatic hydroxyl groups excluding tert-OH is 2. The van der Waals surface area contributed by atoms with Crippen LogP contribution in [0.4, 0.5) is 0 Å². The van der Waals surface area contributed by atoms with E-state index in [2.05, 4.69) is 0 Å². The first-order chi connectivity index (χ1) is 6.24. The molecule has 13 heavy (non-hydrogen) atoms. The van der Waals surface area contributed by atoms with E-state index >= 15 is 0 Å². The fraction of sp³-hybridized carbons (Fsp3) is 1.00. The summed E-state index contributed by atoms with van der Waals surface area (Å²) in [6, 6.07) is 0. The average Bonchev–Trinajstić information content (AvgIpc) is 2.16. The first-order valence-corrected chi connectivity index (χ1v) is 6.78. The van der Waals surface area contributed by atoms with E-state index in [1.807, 2.05) is 12.5 Å². The predicted octanol–water partition coefficient (Wildman–Crippen LogP) is 1.15. The van der Waals surface area contributed by atoms with E-state index in [1.165, 1.54) is 11.8 Å². The monoisotopic (exact) mass is 226 g/mol. The molecule has 0 spiro atoms. The lowest BCUT2D eigenvalue weighted by atomic mass is 10.4. The summed E-state index contributed by atoms with van der Waals surface area (Å²) in [5.41, 5.74) is -0.282. The fourth-order valence-electron chi connectivity index (χ4n) is 0.793. The van der Waals surface area contributed by atoms with Crippen molar-refractivity contribution in [3.8, 4) is 0 Å². The Morgan fingerprint density at radius 1 is 1.23 bits per heavy atom. The van der Waals surface area contributed by atoms with Crippen LogP contribution in [0.5, 0.6) is 0 Å². The van der Waals surface area contributed by atoms with Gasteiger partial charge >= 0.3 is 0 Å². The Kier molecular flexibility index (Phi) is 9.56. The lowest BCUT2D eigenvalue weighted by molar-refractivity contribution is 0.0764. The van der Waals surface area contributed by atoms with Crippen molar-refractivity contribution in [3.05, 3.63) is 0 Å². The molecule has 2 unspecified atom stereocenters. The third kappa shape index (κ3) is 7.64. The van der Waals surface area contributed by atoms with Gasteiger partial charge in [-0.15, -0.1) is 23.5 Å². The molecule has 0 bridgehead atoms. The average molecular weight is 226 g/mol. The highest BCUT2D eigenvalue weighted by Gasteiger charge is 2.07. The van der Waals surface area contributed by atoms with E-state index in [1.54, 1.807) is 11.8 Å². The third-order valence-electron chi connectivity index (χ3n) is 1.57. The van der Waals surface area contributed by atoms with Crippen LogP contribution in [0.3, 0.4) is 0 Å². The highest BCUT2D eigenvalue weighted by molar-refractivity contribution is 7.99. The molecule has 5 heteroatoms. The van der Waals surface area contributed by atoms with Gasteiger partial charge in [0.2, 0.25) is 0 Å². The maximum absolute atomic E-state index is 9.20. The van der Waals surface area contributed by atoms with Gasteiger partial charge in [-0.05, 0) is 12.5 Å². The van der Waals surface area contributed by atoms with Gasteiger partial charge in [0.05, 0.1) is 6.61 Å². The zero-order valence-electron chi connectivity index (χ0n) is 8.10. The highest BCUT2D eigenvalue weighted by Crippen LogP contribution is 2.14. The maximum Gasteiger partial charge on any atom is 0.105 e.